The quantitative estimate of drug-likeness (QED) is 0.882. The summed E-state index contributed by atoms with van der Waals surface area (Å²) in [5.74, 6) is -0.0230. The highest BCUT2D eigenvalue weighted by Gasteiger charge is 2.29. The molecule has 4 nitrogen and oxygen atoms in total. The molecule has 0 bridgehead atoms. The van der Waals surface area contributed by atoms with Crippen molar-refractivity contribution in [2.24, 2.45) is 5.73 Å². The highest BCUT2D eigenvalue weighted by molar-refractivity contribution is 5.95. The fraction of sp³-hybridized carbons (Fsp3) is 0.533. The summed E-state index contributed by atoms with van der Waals surface area (Å²) in [4.78, 5) is 13.8. The smallest absolute Gasteiger partial charge is 0.253 e. The molecule has 1 heterocycles. The normalized spacial score (nSPS) is 20.7. The standard InChI is InChI=1S/C15H22N2O2/c1-15(2,3)11-4-6-12(7-5-11)17-13(8-16)9-19-10-14(17)18/h4-7,13H,8-10,16H2,1-3H3. The molecule has 1 aliphatic rings. The van der Waals surface area contributed by atoms with Gasteiger partial charge in [0.2, 0.25) is 0 Å². The van der Waals surface area contributed by atoms with Gasteiger partial charge in [0, 0.05) is 12.2 Å². The van der Waals surface area contributed by atoms with E-state index >= 15 is 0 Å². The van der Waals surface area contributed by atoms with Gasteiger partial charge >= 0.3 is 0 Å². The molecule has 0 saturated carbocycles. The molecule has 1 unspecified atom stereocenters. The van der Waals surface area contributed by atoms with Crippen LogP contribution in [0.1, 0.15) is 26.3 Å². The number of carbonyl (C=O) groups is 1. The summed E-state index contributed by atoms with van der Waals surface area (Å²) >= 11 is 0. The molecule has 2 rings (SSSR count). The second-order valence-corrected chi connectivity index (χ2v) is 5.97. The van der Waals surface area contributed by atoms with Crippen molar-refractivity contribution in [1.82, 2.24) is 0 Å². The summed E-state index contributed by atoms with van der Waals surface area (Å²) in [5.41, 5.74) is 7.98. The van der Waals surface area contributed by atoms with Crippen LogP contribution in [0, 0.1) is 0 Å². The minimum atomic E-state index is -0.0678. The zero-order chi connectivity index (χ0) is 14.0. The van der Waals surface area contributed by atoms with Gasteiger partial charge in [0.25, 0.3) is 5.91 Å². The number of carbonyl (C=O) groups excluding carboxylic acids is 1. The van der Waals surface area contributed by atoms with E-state index < -0.39 is 0 Å². The van der Waals surface area contributed by atoms with E-state index in [1.165, 1.54) is 5.56 Å². The first kappa shape index (κ1) is 14.0. The third-order valence-corrected chi connectivity index (χ3v) is 3.45. The van der Waals surface area contributed by atoms with Gasteiger partial charge in [0.05, 0.1) is 12.6 Å². The summed E-state index contributed by atoms with van der Waals surface area (Å²) in [5, 5.41) is 0. The van der Waals surface area contributed by atoms with Gasteiger partial charge in [0.1, 0.15) is 6.61 Å². The molecule has 1 aromatic carbocycles. The highest BCUT2D eigenvalue weighted by atomic mass is 16.5. The zero-order valence-corrected chi connectivity index (χ0v) is 11.8. The van der Waals surface area contributed by atoms with Crippen LogP contribution < -0.4 is 10.6 Å². The molecule has 1 fully saturated rings. The Morgan fingerprint density at radius 2 is 1.95 bits per heavy atom. The van der Waals surface area contributed by atoms with Gasteiger partial charge in [-0.1, -0.05) is 32.9 Å². The van der Waals surface area contributed by atoms with Crippen LogP contribution >= 0.6 is 0 Å². The summed E-state index contributed by atoms with van der Waals surface area (Å²) < 4.78 is 5.24. The van der Waals surface area contributed by atoms with E-state index in [2.05, 4.69) is 32.9 Å². The van der Waals surface area contributed by atoms with Gasteiger partial charge in [-0.3, -0.25) is 4.79 Å². The first-order valence-electron chi connectivity index (χ1n) is 6.64. The Morgan fingerprint density at radius 3 is 2.47 bits per heavy atom. The van der Waals surface area contributed by atoms with Crippen molar-refractivity contribution in [3.63, 3.8) is 0 Å². The van der Waals surface area contributed by atoms with Crippen molar-refractivity contribution in [3.05, 3.63) is 29.8 Å². The van der Waals surface area contributed by atoms with Crippen molar-refractivity contribution in [2.45, 2.75) is 32.2 Å². The molecule has 4 heteroatoms. The maximum atomic E-state index is 12.0. The Hall–Kier alpha value is -1.39. The molecule has 1 aliphatic heterocycles. The molecular formula is C15H22N2O2. The number of benzene rings is 1. The maximum absolute atomic E-state index is 12.0. The average Bonchev–Trinajstić information content (AvgIpc) is 2.37. The lowest BCUT2D eigenvalue weighted by molar-refractivity contribution is -0.127. The van der Waals surface area contributed by atoms with E-state index in [9.17, 15) is 4.79 Å². The topological polar surface area (TPSA) is 55.6 Å². The molecule has 19 heavy (non-hydrogen) atoms. The number of anilines is 1. The van der Waals surface area contributed by atoms with Crippen molar-refractivity contribution in [1.29, 1.82) is 0 Å². The van der Waals surface area contributed by atoms with Gasteiger partial charge in [-0.15, -0.1) is 0 Å². The second-order valence-electron chi connectivity index (χ2n) is 5.97. The predicted octanol–water partition coefficient (Wildman–Crippen LogP) is 1.67. The van der Waals surface area contributed by atoms with Crippen molar-refractivity contribution < 1.29 is 9.53 Å². The molecule has 1 atom stereocenters. The van der Waals surface area contributed by atoms with Crippen LogP contribution in [-0.2, 0) is 14.9 Å². The molecule has 0 aromatic heterocycles. The van der Waals surface area contributed by atoms with E-state index in [4.69, 9.17) is 10.5 Å². The van der Waals surface area contributed by atoms with Gasteiger partial charge in [-0.05, 0) is 23.1 Å². The molecule has 2 N–H and O–H groups in total. The molecule has 0 spiro atoms. The van der Waals surface area contributed by atoms with Crippen molar-refractivity contribution in [2.75, 3.05) is 24.7 Å². The van der Waals surface area contributed by atoms with Crippen LogP contribution in [-0.4, -0.2) is 31.7 Å². The Balaban J connectivity index is 2.27. The summed E-state index contributed by atoms with van der Waals surface area (Å²) in [7, 11) is 0. The Bertz CT molecular complexity index is 448. The van der Waals surface area contributed by atoms with Gasteiger partial charge in [0.15, 0.2) is 0 Å². The van der Waals surface area contributed by atoms with Crippen LogP contribution in [0.4, 0.5) is 5.69 Å². The second kappa shape index (κ2) is 5.31. The molecule has 0 aliphatic carbocycles. The number of amides is 1. The number of nitrogens with two attached hydrogens (primary N) is 1. The van der Waals surface area contributed by atoms with Gasteiger partial charge in [-0.2, -0.15) is 0 Å². The lowest BCUT2D eigenvalue weighted by Gasteiger charge is -2.35. The number of ether oxygens (including phenoxy) is 1. The fourth-order valence-electron chi connectivity index (χ4n) is 2.28. The zero-order valence-electron chi connectivity index (χ0n) is 11.8. The van der Waals surface area contributed by atoms with E-state index in [0.29, 0.717) is 13.2 Å². The van der Waals surface area contributed by atoms with Crippen LogP contribution in [0.3, 0.4) is 0 Å². The van der Waals surface area contributed by atoms with Gasteiger partial charge < -0.3 is 15.4 Å². The van der Waals surface area contributed by atoms with Crippen LogP contribution in [0.15, 0.2) is 24.3 Å². The Labute approximate surface area is 114 Å². The van der Waals surface area contributed by atoms with E-state index in [1.54, 1.807) is 4.90 Å². The van der Waals surface area contributed by atoms with E-state index in [0.717, 1.165) is 5.69 Å². The number of hydrogen-bond donors (Lipinski definition) is 1. The molecule has 1 amide bonds. The fourth-order valence-corrected chi connectivity index (χ4v) is 2.28. The summed E-state index contributed by atoms with van der Waals surface area (Å²) in [6.45, 7) is 7.56. The minimum Gasteiger partial charge on any atom is -0.369 e. The number of nitrogens with zero attached hydrogens (tertiary/aromatic N) is 1. The lowest BCUT2D eigenvalue weighted by atomic mass is 9.87. The molecule has 1 aromatic rings. The molecule has 104 valence electrons. The number of hydrogen-bond acceptors (Lipinski definition) is 3. The predicted molar refractivity (Wildman–Crippen MR) is 76.3 cm³/mol. The van der Waals surface area contributed by atoms with Crippen LogP contribution in [0.5, 0.6) is 0 Å². The molecular weight excluding hydrogens is 240 g/mol. The van der Waals surface area contributed by atoms with Crippen molar-refractivity contribution in [3.8, 4) is 0 Å². The maximum Gasteiger partial charge on any atom is 0.253 e. The van der Waals surface area contributed by atoms with Crippen LogP contribution in [0.2, 0.25) is 0 Å². The third kappa shape index (κ3) is 2.96. The highest BCUT2D eigenvalue weighted by Crippen LogP contribution is 2.26. The molecule has 0 radical (unpaired) electrons. The summed E-state index contributed by atoms with van der Waals surface area (Å²) in [6, 6.07) is 8.07. The first-order chi connectivity index (χ1) is 8.93. The minimum absolute atomic E-state index is 0.0230. The van der Waals surface area contributed by atoms with Crippen molar-refractivity contribution >= 4 is 11.6 Å². The number of morpholine rings is 1. The number of rotatable bonds is 2. The SMILES string of the molecule is CC(C)(C)c1ccc(N2C(=O)COCC2CN)cc1. The third-order valence-electron chi connectivity index (χ3n) is 3.45. The average molecular weight is 262 g/mol. The Kier molecular flexibility index (Phi) is 3.92. The van der Waals surface area contributed by atoms with E-state index in [1.807, 2.05) is 12.1 Å². The largest absolute Gasteiger partial charge is 0.369 e. The lowest BCUT2D eigenvalue weighted by Crippen LogP contribution is -2.53. The van der Waals surface area contributed by atoms with E-state index in [-0.39, 0.29) is 24.0 Å². The van der Waals surface area contributed by atoms with Gasteiger partial charge in [-0.25, -0.2) is 0 Å². The van der Waals surface area contributed by atoms with Crippen LogP contribution in [0.25, 0.3) is 0 Å². The Morgan fingerprint density at radius 1 is 1.32 bits per heavy atom. The summed E-state index contributed by atoms with van der Waals surface area (Å²) in [6.07, 6.45) is 0. The molecule has 1 saturated heterocycles. The first-order valence-corrected chi connectivity index (χ1v) is 6.64. The monoisotopic (exact) mass is 262 g/mol.